The highest BCUT2D eigenvalue weighted by Gasteiger charge is 2.51. The Balaban J connectivity index is 2.20. The van der Waals surface area contributed by atoms with E-state index in [1.165, 1.54) is 30.4 Å². The van der Waals surface area contributed by atoms with E-state index in [0.29, 0.717) is 11.8 Å². The van der Waals surface area contributed by atoms with E-state index < -0.39 is 0 Å². The van der Waals surface area contributed by atoms with Gasteiger partial charge in [-0.15, -0.1) is 0 Å². The van der Waals surface area contributed by atoms with Gasteiger partial charge in [-0.2, -0.15) is 0 Å². The van der Waals surface area contributed by atoms with Crippen LogP contribution in [0.3, 0.4) is 0 Å². The molecule has 23 heavy (non-hydrogen) atoms. The first kappa shape index (κ1) is 16.8. The van der Waals surface area contributed by atoms with Gasteiger partial charge in [0.25, 0.3) is 0 Å². The summed E-state index contributed by atoms with van der Waals surface area (Å²) in [5.41, 5.74) is 4.12. The molecule has 0 amide bonds. The minimum atomic E-state index is -0.344. The Morgan fingerprint density at radius 2 is 1.87 bits per heavy atom. The molecule has 0 saturated heterocycles. The van der Waals surface area contributed by atoms with Crippen LogP contribution in [0.25, 0.3) is 0 Å². The van der Waals surface area contributed by atoms with Crippen molar-refractivity contribution in [1.29, 1.82) is 0 Å². The van der Waals surface area contributed by atoms with Crippen LogP contribution in [0, 0.1) is 11.3 Å². The van der Waals surface area contributed by atoms with Crippen LogP contribution in [0.1, 0.15) is 89.0 Å². The van der Waals surface area contributed by atoms with E-state index in [-0.39, 0.29) is 16.9 Å². The van der Waals surface area contributed by atoms with Crippen LogP contribution in [0.4, 0.5) is 0 Å². The van der Waals surface area contributed by atoms with Gasteiger partial charge in [-0.25, -0.2) is 0 Å². The van der Waals surface area contributed by atoms with Crippen LogP contribution >= 0.6 is 0 Å². The van der Waals surface area contributed by atoms with Crippen LogP contribution in [0.2, 0.25) is 0 Å². The van der Waals surface area contributed by atoms with Crippen LogP contribution in [0.15, 0.2) is 12.1 Å². The molecule has 1 N–H and O–H groups in total. The monoisotopic (exact) mass is 316 g/mol. The zero-order valence-electron chi connectivity index (χ0n) is 15.6. The van der Waals surface area contributed by atoms with Crippen LogP contribution in [-0.4, -0.2) is 12.2 Å². The summed E-state index contributed by atoms with van der Waals surface area (Å²) in [5, 5.41) is 10.9. The van der Waals surface area contributed by atoms with Crippen molar-refractivity contribution in [3.8, 4) is 5.75 Å². The largest absolute Gasteiger partial charge is 0.496 e. The minimum absolute atomic E-state index is 0.152. The molecule has 2 heteroatoms. The van der Waals surface area contributed by atoms with Crippen LogP contribution < -0.4 is 4.74 Å². The molecule has 0 bridgehead atoms. The first-order valence-corrected chi connectivity index (χ1v) is 9.11. The number of benzene rings is 1. The predicted molar refractivity (Wildman–Crippen MR) is 95.1 cm³/mol. The highest BCUT2D eigenvalue weighted by molar-refractivity contribution is 5.50. The maximum absolute atomic E-state index is 10.9. The third-order valence-electron chi connectivity index (χ3n) is 6.69. The van der Waals surface area contributed by atoms with Gasteiger partial charge in [0.2, 0.25) is 0 Å². The molecule has 2 aliphatic rings. The Kier molecular flexibility index (Phi) is 4.03. The van der Waals surface area contributed by atoms with Gasteiger partial charge in [0.05, 0.1) is 13.2 Å². The number of aliphatic hydroxyl groups is 1. The summed E-state index contributed by atoms with van der Waals surface area (Å²) in [4.78, 5) is 0. The van der Waals surface area contributed by atoms with E-state index in [1.807, 2.05) is 0 Å². The smallest absolute Gasteiger partial charge is 0.122 e. The predicted octanol–water partition coefficient (Wildman–Crippen LogP) is 5.34. The van der Waals surface area contributed by atoms with Gasteiger partial charge in [-0.05, 0) is 70.8 Å². The first-order chi connectivity index (χ1) is 10.7. The lowest BCUT2D eigenvalue weighted by Crippen LogP contribution is -2.48. The molecule has 0 spiro atoms. The Bertz CT molecular complexity index is 602. The van der Waals surface area contributed by atoms with E-state index in [0.717, 1.165) is 17.7 Å². The van der Waals surface area contributed by atoms with E-state index in [2.05, 4.69) is 46.8 Å². The summed E-state index contributed by atoms with van der Waals surface area (Å²) in [7, 11) is 1.76. The summed E-state index contributed by atoms with van der Waals surface area (Å²) in [6, 6.07) is 4.45. The summed E-state index contributed by atoms with van der Waals surface area (Å²) < 4.78 is 5.70. The van der Waals surface area contributed by atoms with Gasteiger partial charge < -0.3 is 9.84 Å². The Morgan fingerprint density at radius 1 is 1.17 bits per heavy atom. The topological polar surface area (TPSA) is 29.5 Å². The molecule has 0 radical (unpaired) electrons. The van der Waals surface area contributed by atoms with Crippen molar-refractivity contribution >= 4 is 0 Å². The van der Waals surface area contributed by atoms with Gasteiger partial charge in [0.15, 0.2) is 0 Å². The highest BCUT2D eigenvalue weighted by atomic mass is 16.5. The van der Waals surface area contributed by atoms with Crippen molar-refractivity contribution in [2.24, 2.45) is 11.3 Å². The van der Waals surface area contributed by atoms with Gasteiger partial charge in [-0.1, -0.05) is 41.0 Å². The number of aliphatic hydroxyl groups excluding tert-OH is 1. The fraction of sp³-hybridized carbons (Fsp3) is 0.714. The molecule has 3 atom stereocenters. The number of methoxy groups -OCH3 is 1. The van der Waals surface area contributed by atoms with Gasteiger partial charge in [0.1, 0.15) is 5.75 Å². The maximum Gasteiger partial charge on any atom is 0.122 e. The lowest BCUT2D eigenvalue weighted by Gasteiger charge is -2.55. The minimum Gasteiger partial charge on any atom is -0.496 e. The van der Waals surface area contributed by atoms with Gasteiger partial charge in [-0.3, -0.25) is 0 Å². The first-order valence-electron chi connectivity index (χ1n) is 9.11. The highest BCUT2D eigenvalue weighted by Crippen LogP contribution is 2.59. The average Bonchev–Trinajstić information content (AvgIpc) is 2.48. The number of rotatable bonds is 2. The fourth-order valence-corrected chi connectivity index (χ4v) is 5.39. The average molecular weight is 316 g/mol. The van der Waals surface area contributed by atoms with E-state index in [1.54, 1.807) is 7.11 Å². The van der Waals surface area contributed by atoms with E-state index in [4.69, 9.17) is 4.74 Å². The number of hydrogen-bond acceptors (Lipinski definition) is 2. The fourth-order valence-electron chi connectivity index (χ4n) is 5.39. The molecule has 0 heterocycles. The molecule has 1 saturated carbocycles. The van der Waals surface area contributed by atoms with Gasteiger partial charge in [0, 0.05) is 0 Å². The third kappa shape index (κ3) is 2.50. The number of ether oxygens (including phenoxy) is 1. The molecule has 3 unspecified atom stereocenters. The molecule has 128 valence electrons. The molecular formula is C21H32O2. The second-order valence-electron chi connectivity index (χ2n) is 8.90. The Labute approximate surface area is 141 Å². The van der Waals surface area contributed by atoms with Crippen molar-refractivity contribution in [2.45, 2.75) is 77.7 Å². The van der Waals surface area contributed by atoms with Crippen LogP contribution in [-0.2, 0) is 5.41 Å². The summed E-state index contributed by atoms with van der Waals surface area (Å²) in [6.07, 6.45) is 4.29. The molecule has 3 rings (SSSR count). The molecule has 1 aromatic carbocycles. The zero-order valence-corrected chi connectivity index (χ0v) is 15.6. The molecular weight excluding hydrogens is 284 g/mol. The summed E-state index contributed by atoms with van der Waals surface area (Å²) in [5.74, 6) is 1.91. The standard InChI is InChI=1S/C21H32O2/c1-13(2)14-10-15-16(11-18(14)23-6)21(5)9-7-8-20(3,4)19(21)12-17(15)22/h10-11,13,17,19,22H,7-9,12H2,1-6H3. The molecule has 2 nitrogen and oxygen atoms in total. The normalized spacial score (nSPS) is 32.3. The third-order valence-corrected chi connectivity index (χ3v) is 6.69. The lowest BCUT2D eigenvalue weighted by molar-refractivity contribution is -0.00689. The van der Waals surface area contributed by atoms with E-state index >= 15 is 0 Å². The second-order valence-corrected chi connectivity index (χ2v) is 8.90. The van der Waals surface area contributed by atoms with Crippen molar-refractivity contribution < 1.29 is 9.84 Å². The quantitative estimate of drug-likeness (QED) is 0.798. The summed E-state index contributed by atoms with van der Waals surface area (Å²) >= 11 is 0. The number of hydrogen-bond donors (Lipinski definition) is 1. The molecule has 1 aromatic rings. The van der Waals surface area contributed by atoms with Crippen molar-refractivity contribution in [2.75, 3.05) is 7.11 Å². The van der Waals surface area contributed by atoms with Crippen molar-refractivity contribution in [3.05, 3.63) is 28.8 Å². The lowest BCUT2D eigenvalue weighted by atomic mass is 9.50. The molecule has 2 aliphatic carbocycles. The molecule has 1 fully saturated rings. The van der Waals surface area contributed by atoms with E-state index in [9.17, 15) is 5.11 Å². The molecule has 0 aromatic heterocycles. The van der Waals surface area contributed by atoms with Gasteiger partial charge >= 0.3 is 0 Å². The molecule has 0 aliphatic heterocycles. The number of fused-ring (bicyclic) bond motifs is 3. The Morgan fingerprint density at radius 3 is 2.48 bits per heavy atom. The van der Waals surface area contributed by atoms with Crippen molar-refractivity contribution in [3.63, 3.8) is 0 Å². The zero-order chi connectivity index (χ0) is 17.0. The summed E-state index contributed by atoms with van der Waals surface area (Å²) in [6.45, 7) is 11.6. The maximum atomic E-state index is 10.9. The SMILES string of the molecule is COc1cc2c(cc1C(C)C)C(O)CC1C(C)(C)CCCC21C. The van der Waals surface area contributed by atoms with Crippen molar-refractivity contribution in [1.82, 2.24) is 0 Å². The van der Waals surface area contributed by atoms with Crippen LogP contribution in [0.5, 0.6) is 5.75 Å². The second kappa shape index (κ2) is 5.51. The Hall–Kier alpha value is -1.02.